The predicted octanol–water partition coefficient (Wildman–Crippen LogP) is 5.56. The molecule has 202 valence electrons. The molecular weight excluding hydrogens is 527 g/mol. The van der Waals surface area contributed by atoms with Gasteiger partial charge in [-0.25, -0.2) is 0 Å². The predicted molar refractivity (Wildman–Crippen MR) is 149 cm³/mol. The molecule has 0 unspecified atom stereocenters. The van der Waals surface area contributed by atoms with Gasteiger partial charge in [0.25, 0.3) is 5.91 Å². The van der Waals surface area contributed by atoms with Crippen molar-refractivity contribution in [3.8, 4) is 17.2 Å². The van der Waals surface area contributed by atoms with Gasteiger partial charge < -0.3 is 24.4 Å². The van der Waals surface area contributed by atoms with Gasteiger partial charge in [-0.05, 0) is 24.1 Å². The number of benzene rings is 3. The Kier molecular flexibility index (Phi) is 11.1. The van der Waals surface area contributed by atoms with Gasteiger partial charge in [0.15, 0.2) is 6.61 Å². The number of amides is 2. The molecular formula is C29H32Cl2N2O5. The first kappa shape index (κ1) is 29.1. The van der Waals surface area contributed by atoms with Crippen LogP contribution in [0.15, 0.2) is 66.7 Å². The summed E-state index contributed by atoms with van der Waals surface area (Å²) in [5.41, 5.74) is 1.46. The lowest BCUT2D eigenvalue weighted by Crippen LogP contribution is -2.51. The van der Waals surface area contributed by atoms with E-state index in [1.165, 1.54) is 19.1 Å². The van der Waals surface area contributed by atoms with E-state index in [-0.39, 0.29) is 19.1 Å². The quantitative estimate of drug-likeness (QED) is 0.297. The first-order chi connectivity index (χ1) is 18.4. The van der Waals surface area contributed by atoms with E-state index in [1.54, 1.807) is 36.4 Å². The van der Waals surface area contributed by atoms with E-state index in [1.807, 2.05) is 37.3 Å². The van der Waals surface area contributed by atoms with Crippen molar-refractivity contribution >= 4 is 35.0 Å². The van der Waals surface area contributed by atoms with Gasteiger partial charge in [0.1, 0.15) is 23.3 Å². The van der Waals surface area contributed by atoms with Crippen LogP contribution in [0.1, 0.15) is 24.5 Å². The molecule has 0 saturated carbocycles. The highest BCUT2D eigenvalue weighted by atomic mass is 35.5. The summed E-state index contributed by atoms with van der Waals surface area (Å²) < 4.78 is 16.4. The molecule has 2 amide bonds. The summed E-state index contributed by atoms with van der Waals surface area (Å²) in [6.45, 7) is 2.15. The van der Waals surface area contributed by atoms with Crippen molar-refractivity contribution in [2.75, 3.05) is 27.4 Å². The van der Waals surface area contributed by atoms with E-state index in [2.05, 4.69) is 5.32 Å². The maximum Gasteiger partial charge on any atom is 0.261 e. The van der Waals surface area contributed by atoms with Crippen molar-refractivity contribution < 1.29 is 23.8 Å². The Bertz CT molecular complexity index is 1180. The largest absolute Gasteiger partial charge is 0.496 e. The minimum atomic E-state index is -0.827. The molecule has 0 radical (unpaired) electrons. The average molecular weight is 559 g/mol. The molecule has 1 atom stereocenters. The van der Waals surface area contributed by atoms with Gasteiger partial charge in [0.05, 0.1) is 14.2 Å². The zero-order valence-electron chi connectivity index (χ0n) is 21.7. The minimum Gasteiger partial charge on any atom is -0.496 e. The normalized spacial score (nSPS) is 11.4. The SMILES string of the molecule is CCCNC(=O)[C@H](Cc1ccccc1)N(Cc1c(Cl)cccc1Cl)C(=O)COc1cc(OC)cc(OC)c1. The molecule has 9 heteroatoms. The Hall–Kier alpha value is -3.42. The number of hydrogen-bond acceptors (Lipinski definition) is 5. The lowest BCUT2D eigenvalue weighted by molar-refractivity contribution is -0.142. The van der Waals surface area contributed by atoms with Crippen LogP contribution in [0, 0.1) is 0 Å². The maximum absolute atomic E-state index is 13.7. The third-order valence-corrected chi connectivity index (χ3v) is 6.61. The van der Waals surface area contributed by atoms with Crippen LogP contribution in [0.2, 0.25) is 10.0 Å². The number of carbonyl (C=O) groups is 2. The number of ether oxygens (including phenoxy) is 3. The minimum absolute atomic E-state index is 0.0270. The van der Waals surface area contributed by atoms with Crippen LogP contribution in [0.3, 0.4) is 0 Å². The van der Waals surface area contributed by atoms with Crippen LogP contribution < -0.4 is 19.5 Å². The van der Waals surface area contributed by atoms with Crippen molar-refractivity contribution in [2.45, 2.75) is 32.4 Å². The molecule has 0 aromatic heterocycles. The van der Waals surface area contributed by atoms with Gasteiger partial charge in [-0.1, -0.05) is 66.5 Å². The van der Waals surface area contributed by atoms with E-state index in [4.69, 9.17) is 37.4 Å². The molecule has 0 saturated heterocycles. The Morgan fingerprint density at radius 2 is 1.50 bits per heavy atom. The van der Waals surface area contributed by atoms with Crippen molar-refractivity contribution in [2.24, 2.45) is 0 Å². The molecule has 7 nitrogen and oxygen atoms in total. The lowest BCUT2D eigenvalue weighted by Gasteiger charge is -2.32. The zero-order chi connectivity index (χ0) is 27.5. The Labute approximate surface area is 233 Å². The number of methoxy groups -OCH3 is 2. The summed E-state index contributed by atoms with van der Waals surface area (Å²) in [5, 5.41) is 3.74. The Morgan fingerprint density at radius 1 is 0.895 bits per heavy atom. The molecule has 3 aromatic rings. The van der Waals surface area contributed by atoms with Gasteiger partial charge in [-0.2, -0.15) is 0 Å². The van der Waals surface area contributed by atoms with E-state index >= 15 is 0 Å². The summed E-state index contributed by atoms with van der Waals surface area (Å²) in [6, 6.07) is 18.9. The molecule has 0 spiro atoms. The highest BCUT2D eigenvalue weighted by Gasteiger charge is 2.31. The Balaban J connectivity index is 1.95. The van der Waals surface area contributed by atoms with Crippen molar-refractivity contribution in [1.82, 2.24) is 10.2 Å². The molecule has 0 fully saturated rings. The summed E-state index contributed by atoms with van der Waals surface area (Å²) in [6.07, 6.45) is 1.06. The number of nitrogens with zero attached hydrogens (tertiary/aromatic N) is 1. The van der Waals surface area contributed by atoms with E-state index in [0.717, 1.165) is 12.0 Å². The summed E-state index contributed by atoms with van der Waals surface area (Å²) in [4.78, 5) is 28.6. The molecule has 0 heterocycles. The van der Waals surface area contributed by atoms with Gasteiger partial charge in [0.2, 0.25) is 5.91 Å². The second-order valence-electron chi connectivity index (χ2n) is 8.56. The topological polar surface area (TPSA) is 77.1 Å². The van der Waals surface area contributed by atoms with Gasteiger partial charge in [-0.15, -0.1) is 0 Å². The average Bonchev–Trinajstić information content (AvgIpc) is 2.93. The number of halogens is 2. The fourth-order valence-electron chi connectivity index (χ4n) is 3.87. The van der Waals surface area contributed by atoms with Crippen molar-refractivity contribution in [1.29, 1.82) is 0 Å². The van der Waals surface area contributed by atoms with Crippen LogP contribution >= 0.6 is 23.2 Å². The summed E-state index contributed by atoms with van der Waals surface area (Å²) >= 11 is 12.9. The van der Waals surface area contributed by atoms with Crippen LogP contribution in [-0.4, -0.2) is 50.1 Å². The number of carbonyl (C=O) groups excluding carboxylic acids is 2. The van der Waals surface area contributed by atoms with Gasteiger partial charge in [-0.3, -0.25) is 9.59 Å². The fourth-order valence-corrected chi connectivity index (χ4v) is 4.38. The van der Waals surface area contributed by atoms with Crippen molar-refractivity contribution in [3.05, 3.63) is 87.9 Å². The fraction of sp³-hybridized carbons (Fsp3) is 0.310. The van der Waals surface area contributed by atoms with E-state index in [0.29, 0.717) is 45.8 Å². The first-order valence-corrected chi connectivity index (χ1v) is 13.0. The number of rotatable bonds is 13. The highest BCUT2D eigenvalue weighted by Crippen LogP contribution is 2.29. The lowest BCUT2D eigenvalue weighted by atomic mass is 10.0. The van der Waals surface area contributed by atoms with E-state index < -0.39 is 11.9 Å². The van der Waals surface area contributed by atoms with Gasteiger partial charge >= 0.3 is 0 Å². The van der Waals surface area contributed by atoms with Crippen LogP contribution in [0.5, 0.6) is 17.2 Å². The third-order valence-electron chi connectivity index (χ3n) is 5.90. The van der Waals surface area contributed by atoms with Crippen molar-refractivity contribution in [3.63, 3.8) is 0 Å². The second-order valence-corrected chi connectivity index (χ2v) is 9.37. The molecule has 38 heavy (non-hydrogen) atoms. The highest BCUT2D eigenvalue weighted by molar-refractivity contribution is 6.36. The third kappa shape index (κ3) is 8.04. The molecule has 0 aliphatic carbocycles. The Morgan fingerprint density at radius 3 is 2.08 bits per heavy atom. The number of nitrogens with one attached hydrogen (secondary N) is 1. The van der Waals surface area contributed by atoms with Gasteiger partial charge in [0, 0.05) is 53.3 Å². The summed E-state index contributed by atoms with van der Waals surface area (Å²) in [7, 11) is 3.06. The maximum atomic E-state index is 13.7. The molecule has 0 aliphatic rings. The molecule has 3 aromatic carbocycles. The first-order valence-electron chi connectivity index (χ1n) is 12.3. The van der Waals surface area contributed by atoms with E-state index in [9.17, 15) is 9.59 Å². The summed E-state index contributed by atoms with van der Waals surface area (Å²) in [5.74, 6) is 0.755. The number of hydrogen-bond donors (Lipinski definition) is 1. The molecule has 0 bridgehead atoms. The molecule has 3 rings (SSSR count). The smallest absolute Gasteiger partial charge is 0.261 e. The zero-order valence-corrected chi connectivity index (χ0v) is 23.2. The van der Waals surface area contributed by atoms with Crippen LogP contribution in [0.25, 0.3) is 0 Å². The molecule has 0 aliphatic heterocycles. The second kappa shape index (κ2) is 14.5. The standard InChI is InChI=1S/C29H32Cl2N2O5/c1-4-13-32-29(35)27(14-20-9-6-5-7-10-20)33(18-24-25(30)11-8-12-26(24)31)28(34)19-38-23-16-21(36-2)15-22(17-23)37-3/h5-12,15-17,27H,4,13-14,18-19H2,1-3H3,(H,32,35)/t27-/m0/s1. The molecule has 1 N–H and O–H groups in total. The monoisotopic (exact) mass is 558 g/mol. The van der Waals surface area contributed by atoms with Crippen LogP contribution in [-0.2, 0) is 22.6 Å². The van der Waals surface area contributed by atoms with Crippen LogP contribution in [0.4, 0.5) is 0 Å².